The second kappa shape index (κ2) is 11.5. The third kappa shape index (κ3) is 9.44. The van der Waals surface area contributed by atoms with Crippen LogP contribution in [-0.4, -0.2) is 95.0 Å². The summed E-state index contributed by atoms with van der Waals surface area (Å²) in [6.45, 7) is 5.76. The molecule has 0 fully saturated rings. The van der Waals surface area contributed by atoms with Gasteiger partial charge in [0.1, 0.15) is 6.04 Å². The number of amides is 3. The monoisotopic (exact) mass is 404 g/mol. The van der Waals surface area contributed by atoms with E-state index < -0.39 is 22.9 Å². The summed E-state index contributed by atoms with van der Waals surface area (Å²) in [7, 11) is 6.96. The van der Waals surface area contributed by atoms with Gasteiger partial charge in [0.15, 0.2) is 5.37 Å². The molecule has 0 heterocycles. The van der Waals surface area contributed by atoms with E-state index in [1.54, 1.807) is 20.9 Å². The van der Waals surface area contributed by atoms with Crippen molar-refractivity contribution >= 4 is 29.5 Å². The summed E-state index contributed by atoms with van der Waals surface area (Å²) < 4.78 is 0. The van der Waals surface area contributed by atoms with Crippen LogP contribution in [0.25, 0.3) is 0 Å². The topological polar surface area (TPSA) is 107 Å². The van der Waals surface area contributed by atoms with Crippen LogP contribution in [0.5, 0.6) is 0 Å². The molecule has 0 aromatic carbocycles. The van der Waals surface area contributed by atoms with Crippen LogP contribution in [0.2, 0.25) is 0 Å². The largest absolute Gasteiger partial charge is 0.390 e. The van der Waals surface area contributed by atoms with E-state index in [1.165, 1.54) is 28.6 Å². The number of aliphatic hydroxyl groups is 1. The summed E-state index contributed by atoms with van der Waals surface area (Å²) >= 11 is 1.35. The highest BCUT2D eigenvalue weighted by Gasteiger charge is 2.36. The van der Waals surface area contributed by atoms with Crippen LogP contribution in [0, 0.1) is 0 Å². The second-order valence-corrected chi connectivity index (χ2v) is 8.85. The average Bonchev–Trinajstić information content (AvgIpc) is 2.53. The molecule has 158 valence electrons. The molecule has 9 heteroatoms. The van der Waals surface area contributed by atoms with Gasteiger partial charge in [0, 0.05) is 39.2 Å². The van der Waals surface area contributed by atoms with E-state index >= 15 is 0 Å². The van der Waals surface area contributed by atoms with Gasteiger partial charge in [-0.15, -0.1) is 11.8 Å². The molecule has 0 saturated carbocycles. The molecule has 0 aliphatic heterocycles. The molecule has 0 aliphatic rings. The number of nitrogens with zero attached hydrogens (tertiary/aromatic N) is 3. The minimum absolute atomic E-state index is 0.0201. The first-order valence-corrected chi connectivity index (χ1v) is 10.2. The molecule has 0 aromatic rings. The standard InChI is InChI=1S/C18H36N4O4S/c1-8-9-14(23)22(7)17(27-11-10-20(4)5)16(25)21(6)13(15(19)24)12-18(2,3)26/h13,17,26H,8-12H2,1-7H3,(H2,19,24)/t13-,17+/m0/s1. The van der Waals surface area contributed by atoms with Crippen LogP contribution in [0.15, 0.2) is 0 Å². The summed E-state index contributed by atoms with van der Waals surface area (Å²) in [5, 5.41) is 9.30. The van der Waals surface area contributed by atoms with Crippen molar-refractivity contribution in [1.29, 1.82) is 0 Å². The summed E-state index contributed by atoms with van der Waals surface area (Å²) in [5.41, 5.74) is 4.31. The van der Waals surface area contributed by atoms with Crippen molar-refractivity contribution < 1.29 is 19.5 Å². The Kier molecular flexibility index (Phi) is 10.9. The molecular weight excluding hydrogens is 368 g/mol. The Morgan fingerprint density at radius 3 is 2.07 bits per heavy atom. The second-order valence-electron chi connectivity index (χ2n) is 7.66. The predicted molar refractivity (Wildman–Crippen MR) is 109 cm³/mol. The van der Waals surface area contributed by atoms with Gasteiger partial charge < -0.3 is 25.5 Å². The lowest BCUT2D eigenvalue weighted by Crippen LogP contribution is -2.54. The van der Waals surface area contributed by atoms with Gasteiger partial charge in [-0.2, -0.15) is 0 Å². The highest BCUT2D eigenvalue weighted by molar-refractivity contribution is 8.00. The molecule has 3 N–H and O–H groups in total. The number of carbonyl (C=O) groups is 3. The van der Waals surface area contributed by atoms with E-state index in [2.05, 4.69) is 0 Å². The first kappa shape index (κ1) is 25.7. The van der Waals surface area contributed by atoms with Crippen LogP contribution < -0.4 is 5.73 Å². The Bertz CT molecular complexity index is 508. The van der Waals surface area contributed by atoms with Gasteiger partial charge in [-0.1, -0.05) is 6.92 Å². The van der Waals surface area contributed by atoms with Crippen LogP contribution in [-0.2, 0) is 14.4 Å². The van der Waals surface area contributed by atoms with Crippen molar-refractivity contribution in [3.8, 4) is 0 Å². The molecule has 0 radical (unpaired) electrons. The van der Waals surface area contributed by atoms with Gasteiger partial charge >= 0.3 is 0 Å². The summed E-state index contributed by atoms with van der Waals surface area (Å²) in [6, 6.07) is -0.955. The van der Waals surface area contributed by atoms with Gasteiger partial charge in [-0.25, -0.2) is 0 Å². The quantitative estimate of drug-likeness (QED) is 0.454. The Morgan fingerprint density at radius 2 is 1.67 bits per heavy atom. The first-order chi connectivity index (χ1) is 12.3. The highest BCUT2D eigenvalue weighted by atomic mass is 32.2. The number of primary amides is 1. The Morgan fingerprint density at radius 1 is 1.11 bits per heavy atom. The maximum absolute atomic E-state index is 13.1. The van der Waals surface area contributed by atoms with E-state index in [-0.39, 0.29) is 18.2 Å². The Balaban J connectivity index is 5.48. The zero-order chi connectivity index (χ0) is 21.4. The highest BCUT2D eigenvalue weighted by Crippen LogP contribution is 2.22. The molecule has 0 aromatic heterocycles. The summed E-state index contributed by atoms with van der Waals surface area (Å²) in [4.78, 5) is 42.0. The van der Waals surface area contributed by atoms with Gasteiger partial charge in [0.25, 0.3) is 5.91 Å². The van der Waals surface area contributed by atoms with Crippen LogP contribution in [0.1, 0.15) is 40.0 Å². The van der Waals surface area contributed by atoms with Crippen molar-refractivity contribution in [2.75, 3.05) is 40.5 Å². The number of carbonyl (C=O) groups excluding carboxylic acids is 3. The molecule has 8 nitrogen and oxygen atoms in total. The van der Waals surface area contributed by atoms with Crippen LogP contribution in [0.3, 0.4) is 0 Å². The van der Waals surface area contributed by atoms with E-state index in [0.29, 0.717) is 18.6 Å². The molecule has 0 bridgehead atoms. The molecule has 3 amide bonds. The lowest BCUT2D eigenvalue weighted by Gasteiger charge is -2.35. The average molecular weight is 405 g/mol. The minimum atomic E-state index is -1.16. The number of likely N-dealkylation sites (N-methyl/N-ethyl adjacent to an activating group) is 2. The maximum atomic E-state index is 13.1. The fourth-order valence-corrected chi connectivity index (χ4v) is 3.79. The number of hydrogen-bond acceptors (Lipinski definition) is 6. The van der Waals surface area contributed by atoms with E-state index in [0.717, 1.165) is 6.54 Å². The number of rotatable bonds is 12. The normalized spacial score (nSPS) is 14.0. The lowest BCUT2D eigenvalue weighted by atomic mass is 9.97. The molecule has 0 saturated heterocycles. The van der Waals surface area contributed by atoms with E-state index in [1.807, 2.05) is 25.9 Å². The molecule has 27 heavy (non-hydrogen) atoms. The van der Waals surface area contributed by atoms with E-state index in [4.69, 9.17) is 5.73 Å². The smallest absolute Gasteiger partial charge is 0.256 e. The SMILES string of the molecule is CCCC(=O)N(C)[C@H](SCCN(C)C)C(=O)N(C)[C@@H](CC(C)(C)O)C(N)=O. The van der Waals surface area contributed by atoms with Crippen LogP contribution >= 0.6 is 11.8 Å². The van der Waals surface area contributed by atoms with Crippen molar-refractivity contribution in [2.45, 2.75) is 57.1 Å². The number of nitrogens with two attached hydrogens (primary N) is 1. The fourth-order valence-electron chi connectivity index (χ4n) is 2.45. The van der Waals surface area contributed by atoms with Gasteiger partial charge in [-0.05, 0) is 34.4 Å². The zero-order valence-corrected chi connectivity index (χ0v) is 18.5. The molecule has 0 unspecified atom stereocenters. The van der Waals surface area contributed by atoms with Crippen molar-refractivity contribution in [3.63, 3.8) is 0 Å². The maximum Gasteiger partial charge on any atom is 0.256 e. The lowest BCUT2D eigenvalue weighted by molar-refractivity contribution is -0.145. The summed E-state index contributed by atoms with van der Waals surface area (Å²) in [5.74, 6) is -0.542. The molecule has 0 aliphatic carbocycles. The molecular formula is C18H36N4O4S. The third-order valence-electron chi connectivity index (χ3n) is 4.07. The Labute approximate surface area is 167 Å². The van der Waals surface area contributed by atoms with E-state index in [9.17, 15) is 19.5 Å². The van der Waals surface area contributed by atoms with Crippen molar-refractivity contribution in [2.24, 2.45) is 5.73 Å². The van der Waals surface area contributed by atoms with Crippen LogP contribution in [0.4, 0.5) is 0 Å². The fraction of sp³-hybridized carbons (Fsp3) is 0.833. The van der Waals surface area contributed by atoms with Crippen molar-refractivity contribution in [3.05, 3.63) is 0 Å². The zero-order valence-electron chi connectivity index (χ0n) is 17.7. The van der Waals surface area contributed by atoms with Gasteiger partial charge in [0.2, 0.25) is 11.8 Å². The molecule has 0 rings (SSSR count). The third-order valence-corrected chi connectivity index (χ3v) is 5.32. The van der Waals surface area contributed by atoms with Crippen molar-refractivity contribution in [1.82, 2.24) is 14.7 Å². The van der Waals surface area contributed by atoms with Gasteiger partial charge in [-0.3, -0.25) is 14.4 Å². The minimum Gasteiger partial charge on any atom is -0.390 e. The predicted octanol–water partition coefficient (Wildman–Crippen LogP) is 0.339. The summed E-state index contributed by atoms with van der Waals surface area (Å²) in [6.07, 6.45) is 1.05. The Hall–Kier alpha value is -1.32. The molecule has 2 atom stereocenters. The molecule has 0 spiro atoms. The first-order valence-electron chi connectivity index (χ1n) is 9.12. The number of thioether (sulfide) groups is 1. The number of hydrogen-bond donors (Lipinski definition) is 2. The van der Waals surface area contributed by atoms with Gasteiger partial charge in [0.05, 0.1) is 5.60 Å².